The number of ether oxygens (including phenoxy) is 2. The second-order valence-corrected chi connectivity index (χ2v) is 34.7. The molecule has 2 aromatic carbocycles. The van der Waals surface area contributed by atoms with Gasteiger partial charge in [0.2, 0.25) is 11.8 Å². The molecule has 7 saturated heterocycles. The lowest BCUT2D eigenvalue weighted by atomic mass is 9.99. The average molecular weight is 1730 g/mol. The minimum absolute atomic E-state index is 0.391. The van der Waals surface area contributed by atoms with Crippen molar-refractivity contribution >= 4 is 121 Å². The van der Waals surface area contributed by atoms with Crippen molar-refractivity contribution < 1.29 is 9.47 Å². The van der Waals surface area contributed by atoms with Crippen molar-refractivity contribution in [1.29, 1.82) is 0 Å². The lowest BCUT2D eigenvalue weighted by molar-refractivity contribution is 0.317. The quantitative estimate of drug-likeness (QED) is 0.0738. The Bertz CT molecular complexity index is 6390. The molecule has 126 heavy (non-hydrogen) atoms. The van der Waals surface area contributed by atoms with Gasteiger partial charge in [0.05, 0.1) is 77.4 Å². The van der Waals surface area contributed by atoms with E-state index in [1.54, 1.807) is 39.0 Å². The number of benzene rings is 2. The van der Waals surface area contributed by atoms with Crippen molar-refractivity contribution in [3.05, 3.63) is 245 Å². The van der Waals surface area contributed by atoms with Crippen LogP contribution in [0.5, 0.6) is 11.8 Å². The van der Waals surface area contributed by atoms with Gasteiger partial charge in [0, 0.05) is 171 Å². The van der Waals surface area contributed by atoms with Crippen LogP contribution in [0.1, 0.15) is 171 Å². The summed E-state index contributed by atoms with van der Waals surface area (Å²) in [6, 6.07) is 35.8. The van der Waals surface area contributed by atoms with Crippen molar-refractivity contribution in [2.24, 2.45) is 0 Å². The van der Waals surface area contributed by atoms with Gasteiger partial charge in [-0.05, 0) is 267 Å². The molecule has 28 heteroatoms. The van der Waals surface area contributed by atoms with Crippen LogP contribution >= 0.6 is 23.2 Å². The molecule has 16 aromatic rings. The monoisotopic (exact) mass is 1720 g/mol. The number of fused-ring (bicyclic) bond motifs is 10. The second-order valence-electron chi connectivity index (χ2n) is 34.0. The minimum atomic E-state index is 0.391. The maximum atomic E-state index is 6.08. The Labute approximate surface area is 744 Å². The molecule has 7 atom stereocenters. The van der Waals surface area contributed by atoms with E-state index in [4.69, 9.17) is 37.7 Å². The lowest BCUT2D eigenvalue weighted by Gasteiger charge is -2.21. The van der Waals surface area contributed by atoms with Crippen molar-refractivity contribution in [1.82, 2.24) is 120 Å². The molecule has 7 aliphatic rings. The number of hydrogen-bond acceptors (Lipinski definition) is 26. The van der Waals surface area contributed by atoms with E-state index in [-0.39, 0.29) is 0 Å². The predicted molar refractivity (Wildman–Crippen MR) is 501 cm³/mol. The minimum Gasteiger partial charge on any atom is -0.481 e. The number of para-hydroxylation sites is 2. The van der Waals surface area contributed by atoms with Crippen LogP contribution in [0.25, 0.3) is 98.0 Å². The topological polar surface area (TPSA) is 260 Å². The number of halogens is 2. The van der Waals surface area contributed by atoms with Crippen LogP contribution in [-0.2, 0) is 0 Å². The zero-order valence-electron chi connectivity index (χ0n) is 73.2. The Kier molecular flexibility index (Phi) is 27.5. The van der Waals surface area contributed by atoms with Gasteiger partial charge in [0.1, 0.15) is 16.6 Å². The van der Waals surface area contributed by atoms with E-state index in [1.807, 2.05) is 123 Å². The van der Waals surface area contributed by atoms with Gasteiger partial charge >= 0.3 is 0 Å². The van der Waals surface area contributed by atoms with Gasteiger partial charge in [-0.3, -0.25) is 64.2 Å². The Balaban J connectivity index is 0.000000104. The van der Waals surface area contributed by atoms with Crippen LogP contribution < -0.4 is 9.47 Å². The average Bonchev–Trinajstić information content (AvgIpc) is 1.33. The highest BCUT2D eigenvalue weighted by Gasteiger charge is 2.32. The first-order chi connectivity index (χ1) is 61.7. The van der Waals surface area contributed by atoms with Crippen LogP contribution in [0.2, 0.25) is 10.3 Å². The first kappa shape index (κ1) is 86.7. The summed E-state index contributed by atoms with van der Waals surface area (Å²) in [6.07, 6.45) is 47.0. The summed E-state index contributed by atoms with van der Waals surface area (Å²) in [4.78, 5) is 65.5. The van der Waals surface area contributed by atoms with Gasteiger partial charge in [-0.15, -0.1) is 10.2 Å². The number of nitrogens with zero attached hydrogens (tertiary/aromatic N) is 24. The smallest absolute Gasteiger partial charge is 0.222 e. The normalized spacial score (nSPS) is 20.6. The molecule has 0 radical (unpaired) electrons. The van der Waals surface area contributed by atoms with E-state index in [0.717, 1.165) is 122 Å². The first-order valence-electron chi connectivity index (χ1n) is 44.0. The van der Waals surface area contributed by atoms with Crippen LogP contribution in [0, 0.1) is 0 Å². The second kappa shape index (κ2) is 40.0. The van der Waals surface area contributed by atoms with E-state index in [9.17, 15) is 0 Å². The molecular formula is C98H108Cl2N24O2. The SMILES string of the molecule is CN1CCC[C@H]1c1cnc(Cl)c2ncccc12.CN1CCC[C@H]1c1cnc(Cl)c2nnccc12.CN1CCC[C@H]1c1cnc2cccnc2c1.CN1CCC[C@H]1c1cncc2c1cnc1ccccc12.CN1CCC[C@H]1c1cncc2cnncc12.COc1ncc([C@@H]2CCCN2C)c2nc3ccccc3cc12.COc1ncc([C@@H]2CCCN2C)c2nnccc12. The summed E-state index contributed by atoms with van der Waals surface area (Å²) in [5, 5.41) is 36.2. The predicted octanol–water partition coefficient (Wildman–Crippen LogP) is 18.6. The van der Waals surface area contributed by atoms with E-state index in [2.05, 4.69) is 213 Å². The van der Waals surface area contributed by atoms with Crippen LogP contribution in [-0.4, -0.2) is 229 Å². The van der Waals surface area contributed by atoms with Crippen molar-refractivity contribution in [2.45, 2.75) is 132 Å². The molecule has 23 rings (SSSR count). The summed E-state index contributed by atoms with van der Waals surface area (Å²) in [7, 11) is 18.5. The fourth-order valence-electron chi connectivity index (χ4n) is 19.7. The molecule has 0 aliphatic carbocycles. The summed E-state index contributed by atoms with van der Waals surface area (Å²) in [6.45, 7) is 8.05. The Morgan fingerprint density at radius 1 is 0.286 bits per heavy atom. The van der Waals surface area contributed by atoms with E-state index >= 15 is 0 Å². The van der Waals surface area contributed by atoms with Crippen LogP contribution in [0.3, 0.4) is 0 Å². The molecule has 0 spiro atoms. The molecule has 0 bridgehead atoms. The number of aromatic nitrogens is 17. The third-order valence-electron chi connectivity index (χ3n) is 26.4. The van der Waals surface area contributed by atoms with Crippen molar-refractivity contribution in [2.75, 3.05) is 109 Å². The third kappa shape index (κ3) is 18.7. The number of rotatable bonds is 9. The number of pyridine rings is 11. The third-order valence-corrected chi connectivity index (χ3v) is 26.9. The summed E-state index contributed by atoms with van der Waals surface area (Å²) >= 11 is 12.1. The first-order valence-corrected chi connectivity index (χ1v) is 44.7. The molecule has 21 heterocycles. The summed E-state index contributed by atoms with van der Waals surface area (Å²) in [5.41, 5.74) is 16.2. The van der Waals surface area contributed by atoms with Crippen molar-refractivity contribution in [3.8, 4) is 11.8 Å². The van der Waals surface area contributed by atoms with E-state index < -0.39 is 0 Å². The largest absolute Gasteiger partial charge is 0.481 e. The molecule has 7 aliphatic heterocycles. The molecule has 14 aromatic heterocycles. The van der Waals surface area contributed by atoms with E-state index in [0.29, 0.717) is 69.9 Å². The Hall–Kier alpha value is -11.4. The van der Waals surface area contributed by atoms with Crippen LogP contribution in [0.4, 0.5) is 0 Å². The fourth-order valence-corrected chi connectivity index (χ4v) is 20.1. The van der Waals surface area contributed by atoms with Crippen LogP contribution in [0.15, 0.2) is 196 Å². The molecular weight excluding hydrogens is 1620 g/mol. The Morgan fingerprint density at radius 2 is 0.738 bits per heavy atom. The van der Waals surface area contributed by atoms with E-state index in [1.165, 1.54) is 145 Å². The summed E-state index contributed by atoms with van der Waals surface area (Å²) < 4.78 is 10.7. The molecule has 646 valence electrons. The highest BCUT2D eigenvalue weighted by Crippen LogP contribution is 2.43. The molecule has 26 nitrogen and oxygen atoms in total. The number of methoxy groups -OCH3 is 2. The van der Waals surface area contributed by atoms with Gasteiger partial charge < -0.3 is 9.47 Å². The fraction of sp³-hybridized carbons (Fsp3) is 0.378. The maximum absolute atomic E-state index is 6.08. The van der Waals surface area contributed by atoms with Gasteiger partial charge in [-0.25, -0.2) is 24.9 Å². The van der Waals surface area contributed by atoms with Crippen molar-refractivity contribution in [3.63, 3.8) is 0 Å². The standard InChI is InChI=1S/C18H19N3O.C17H17N3.C13H14ClN3.C13H16N4O.C13H15N3.C12H13ClN4.C12H14N4/c1-21-9-5-8-16(21)14-11-19-18(22-2)13-10-12-6-3-4-7-15(12)20-17(13)14;1-20-8-4-7-17(20)15-10-18-9-13-12-5-2-3-6-16(12)19-11-14(13)15;1-17-7-3-5-11(17)10-8-16-13(14)12-9(10)4-2-6-15-12;1-17-7-3-4-11(17)10-8-14-13(18-2)9-5-6-15-16-12(9)10;1-16-7-3-5-13(16)10-8-12-11(15-9-10)4-2-6-14-12;1-17-6-2-3-10(17)9-7-14-12(13)11-8(9)4-5-15-16-11;1-16-4-2-3-12(16)11-7-13-5-9-6-14-15-8-10(9)11/h3-4,6-7,10-11,16H,5,8-9H2,1-2H3;2-3,5-6,9-11,17H,4,7-8H2,1H3;2,4,6,8,11H,3,5,7H2,1H3;5-6,8,11H,3-4,7H2,1-2H3;2,4,6,8-9,13H,3,5,7H2,1H3;4-5,7,10H,2-3,6H2,1H3;5-8,12H,2-4H2,1H3/t16-;17-;2*11-;13-;10-;12-/m0000000/s1. The van der Waals surface area contributed by atoms with Gasteiger partial charge in [-0.1, -0.05) is 65.7 Å². The highest BCUT2D eigenvalue weighted by molar-refractivity contribution is 6.34. The van der Waals surface area contributed by atoms with Gasteiger partial charge in [0.15, 0.2) is 10.3 Å². The van der Waals surface area contributed by atoms with Gasteiger partial charge in [-0.2, -0.15) is 20.4 Å². The molecule has 0 N–H and O–H groups in total. The Morgan fingerprint density at radius 3 is 1.33 bits per heavy atom. The maximum Gasteiger partial charge on any atom is 0.222 e. The molecule has 0 saturated carbocycles. The lowest BCUT2D eigenvalue weighted by Crippen LogP contribution is -2.18. The zero-order valence-corrected chi connectivity index (χ0v) is 74.7. The summed E-state index contributed by atoms with van der Waals surface area (Å²) in [5.74, 6) is 1.27. The number of likely N-dealkylation sites (tertiary alicyclic amines) is 7. The van der Waals surface area contributed by atoms with Gasteiger partial charge in [0.25, 0.3) is 0 Å². The number of hydrogen-bond donors (Lipinski definition) is 0. The zero-order chi connectivity index (χ0) is 86.7. The molecule has 7 fully saturated rings. The highest BCUT2D eigenvalue weighted by atomic mass is 35.5. The molecule has 0 unspecified atom stereocenters. The molecule has 0 amide bonds.